The van der Waals surface area contributed by atoms with Gasteiger partial charge >= 0.3 is 6.18 Å². The van der Waals surface area contributed by atoms with Gasteiger partial charge in [-0.1, -0.05) is 54.6 Å². The molecule has 0 aliphatic heterocycles. The molecule has 2 aromatic carbocycles. The van der Waals surface area contributed by atoms with Gasteiger partial charge in [0, 0.05) is 29.3 Å². The molecule has 1 fully saturated rings. The van der Waals surface area contributed by atoms with Gasteiger partial charge in [0.05, 0.1) is 11.4 Å². The molecule has 0 radical (unpaired) electrons. The van der Waals surface area contributed by atoms with E-state index in [-0.39, 0.29) is 18.1 Å². The van der Waals surface area contributed by atoms with Crippen LogP contribution in [0, 0.1) is 0 Å². The molecule has 1 aliphatic carbocycles. The smallest absolute Gasteiger partial charge is 0.453 e. The Morgan fingerprint density at radius 1 is 0.889 bits per heavy atom. The van der Waals surface area contributed by atoms with Crippen LogP contribution in [0.2, 0.25) is 0 Å². The normalized spacial score (nSPS) is 17.5. The summed E-state index contributed by atoms with van der Waals surface area (Å²) >= 11 is 0. The third kappa shape index (κ3) is 4.35. The number of rotatable bonds is 7. The van der Waals surface area contributed by atoms with Crippen LogP contribution in [-0.2, 0) is 19.3 Å². The second kappa shape index (κ2) is 8.87. The molecular formula is C26H21F3N6O. The lowest BCUT2D eigenvalue weighted by molar-refractivity contribution is -0.146. The molecule has 1 N–H and O–H groups in total. The molecule has 0 amide bonds. The fraction of sp³-hybridized carbons (Fsp3) is 0.231. The van der Waals surface area contributed by atoms with Crippen molar-refractivity contribution in [1.82, 2.24) is 30.1 Å². The molecule has 7 nitrogen and oxygen atoms in total. The van der Waals surface area contributed by atoms with Crippen molar-refractivity contribution < 1.29 is 17.9 Å². The molecule has 36 heavy (non-hydrogen) atoms. The molecule has 3 heterocycles. The predicted molar refractivity (Wildman–Crippen MR) is 126 cm³/mol. The van der Waals surface area contributed by atoms with Crippen molar-refractivity contribution in [3.63, 3.8) is 0 Å². The zero-order valence-electron chi connectivity index (χ0n) is 19.0. The fourth-order valence-corrected chi connectivity index (χ4v) is 4.41. The number of pyridine rings is 1. The molecule has 2 atom stereocenters. The Morgan fingerprint density at radius 2 is 1.64 bits per heavy atom. The number of ether oxygens (including phenoxy) is 1. The number of alkyl halides is 3. The van der Waals surface area contributed by atoms with Crippen molar-refractivity contribution in [2.24, 2.45) is 0 Å². The first-order valence-corrected chi connectivity index (χ1v) is 11.5. The van der Waals surface area contributed by atoms with E-state index < -0.39 is 12.0 Å². The summed E-state index contributed by atoms with van der Waals surface area (Å²) in [6, 6.07) is 23.4. The monoisotopic (exact) mass is 490 g/mol. The van der Waals surface area contributed by atoms with Crippen molar-refractivity contribution in [2.45, 2.75) is 37.7 Å². The first kappa shape index (κ1) is 22.4. The zero-order valence-corrected chi connectivity index (χ0v) is 19.0. The van der Waals surface area contributed by atoms with Gasteiger partial charge in [-0.05, 0) is 30.2 Å². The molecule has 0 bridgehead atoms. The maximum atomic E-state index is 13.4. The lowest BCUT2D eigenvalue weighted by Gasteiger charge is -2.11. The van der Waals surface area contributed by atoms with Crippen molar-refractivity contribution >= 4 is 16.4 Å². The van der Waals surface area contributed by atoms with Crippen LogP contribution in [-0.4, -0.2) is 30.8 Å². The van der Waals surface area contributed by atoms with E-state index in [4.69, 9.17) is 4.74 Å². The van der Waals surface area contributed by atoms with Gasteiger partial charge in [-0.3, -0.25) is 4.98 Å². The van der Waals surface area contributed by atoms with Gasteiger partial charge in [0.15, 0.2) is 5.65 Å². The second-order valence-corrected chi connectivity index (χ2v) is 8.76. The Hall–Kier alpha value is -4.05. The predicted octanol–water partition coefficient (Wildman–Crippen LogP) is 4.92. The van der Waals surface area contributed by atoms with E-state index in [2.05, 4.69) is 49.9 Å². The van der Waals surface area contributed by atoms with E-state index in [0.29, 0.717) is 39.5 Å². The van der Waals surface area contributed by atoms with E-state index in [9.17, 15) is 13.2 Å². The number of nitrogens with zero attached hydrogens (tertiary/aromatic N) is 5. The Morgan fingerprint density at radius 3 is 2.44 bits per heavy atom. The average molecular weight is 490 g/mol. The Kier molecular flexibility index (Phi) is 5.52. The van der Waals surface area contributed by atoms with Gasteiger partial charge in [-0.2, -0.15) is 17.7 Å². The average Bonchev–Trinajstić information content (AvgIpc) is 3.54. The minimum absolute atomic E-state index is 0.0188. The SMILES string of the molecule is FC(F)(F)c1nnc2c3ccccc3c(OCc3cccc(CN[C@H]4C[C@@H]4c4ccccc4)n3)nn12. The van der Waals surface area contributed by atoms with E-state index in [1.807, 2.05) is 24.3 Å². The van der Waals surface area contributed by atoms with Crippen molar-refractivity contribution in [1.29, 1.82) is 0 Å². The maximum absolute atomic E-state index is 13.4. The summed E-state index contributed by atoms with van der Waals surface area (Å²) in [5.41, 5.74) is 2.87. The van der Waals surface area contributed by atoms with Gasteiger partial charge < -0.3 is 10.1 Å². The topological polar surface area (TPSA) is 77.2 Å². The van der Waals surface area contributed by atoms with Crippen molar-refractivity contribution in [2.75, 3.05) is 0 Å². The number of hydrogen-bond donors (Lipinski definition) is 1. The fourth-order valence-electron chi connectivity index (χ4n) is 4.41. The third-order valence-electron chi connectivity index (χ3n) is 6.27. The third-order valence-corrected chi connectivity index (χ3v) is 6.27. The summed E-state index contributed by atoms with van der Waals surface area (Å²) in [5.74, 6) is -0.628. The van der Waals surface area contributed by atoms with Crippen LogP contribution in [0.1, 0.15) is 35.1 Å². The minimum atomic E-state index is -4.70. The van der Waals surface area contributed by atoms with Crippen molar-refractivity contribution in [3.8, 4) is 5.88 Å². The number of aromatic nitrogens is 5. The van der Waals surface area contributed by atoms with Crippen LogP contribution >= 0.6 is 0 Å². The molecular weight excluding hydrogens is 469 g/mol. The summed E-state index contributed by atoms with van der Waals surface area (Å²) in [4.78, 5) is 4.65. The summed E-state index contributed by atoms with van der Waals surface area (Å²) in [5, 5.41) is 15.6. The van der Waals surface area contributed by atoms with E-state index >= 15 is 0 Å². The Balaban J connectivity index is 1.18. The first-order valence-electron chi connectivity index (χ1n) is 11.5. The highest BCUT2D eigenvalue weighted by atomic mass is 19.4. The molecule has 182 valence electrons. The standard InChI is InChI=1S/C26H21F3N6O/c27-26(28,29)25-33-32-23-19-11-4-5-12-20(19)24(34-35(23)25)36-15-18-10-6-9-17(31-18)14-30-22-13-21(22)16-7-2-1-3-8-16/h1-12,21-22,30H,13-15H2/t21-,22+/m1/s1. The summed E-state index contributed by atoms with van der Waals surface area (Å²) in [6.07, 6.45) is -3.60. The number of hydrogen-bond acceptors (Lipinski definition) is 6. The summed E-state index contributed by atoms with van der Waals surface area (Å²) in [7, 11) is 0. The highest BCUT2D eigenvalue weighted by molar-refractivity contribution is 5.96. The zero-order chi connectivity index (χ0) is 24.7. The van der Waals surface area contributed by atoms with Gasteiger partial charge in [0.2, 0.25) is 5.88 Å². The van der Waals surface area contributed by atoms with Crippen LogP contribution in [0.3, 0.4) is 0 Å². The van der Waals surface area contributed by atoms with E-state index in [0.717, 1.165) is 12.1 Å². The lowest BCUT2D eigenvalue weighted by Crippen LogP contribution is -2.18. The maximum Gasteiger partial charge on any atom is 0.453 e. The van der Waals surface area contributed by atoms with Crippen LogP contribution < -0.4 is 10.1 Å². The lowest BCUT2D eigenvalue weighted by atomic mass is 10.1. The number of halogens is 3. The van der Waals surface area contributed by atoms with Crippen LogP contribution in [0.5, 0.6) is 5.88 Å². The van der Waals surface area contributed by atoms with E-state index in [1.54, 1.807) is 24.3 Å². The van der Waals surface area contributed by atoms with Gasteiger partial charge in [0.25, 0.3) is 5.82 Å². The second-order valence-electron chi connectivity index (χ2n) is 8.76. The Bertz CT molecular complexity index is 1540. The number of nitrogens with one attached hydrogen (secondary N) is 1. The summed E-state index contributed by atoms with van der Waals surface area (Å²) in [6.45, 7) is 0.667. The minimum Gasteiger partial charge on any atom is -0.470 e. The molecule has 3 aromatic heterocycles. The molecule has 0 spiro atoms. The quantitative estimate of drug-likeness (QED) is 0.349. The Labute approximate surface area is 204 Å². The molecule has 6 rings (SSSR count). The molecule has 0 unspecified atom stereocenters. The molecule has 5 aromatic rings. The summed E-state index contributed by atoms with van der Waals surface area (Å²) < 4.78 is 46.8. The van der Waals surface area contributed by atoms with Crippen LogP contribution in [0.25, 0.3) is 16.4 Å². The molecule has 10 heteroatoms. The van der Waals surface area contributed by atoms with Gasteiger partial charge in [0.1, 0.15) is 6.61 Å². The highest BCUT2D eigenvalue weighted by Crippen LogP contribution is 2.40. The molecule has 1 aliphatic rings. The van der Waals surface area contributed by atoms with Gasteiger partial charge in [-0.25, -0.2) is 0 Å². The van der Waals surface area contributed by atoms with E-state index in [1.165, 1.54) is 5.56 Å². The van der Waals surface area contributed by atoms with Crippen LogP contribution in [0.15, 0.2) is 72.8 Å². The number of benzene rings is 2. The molecule has 1 saturated carbocycles. The molecule has 0 saturated heterocycles. The number of fused-ring (bicyclic) bond motifs is 3. The van der Waals surface area contributed by atoms with Crippen molar-refractivity contribution in [3.05, 3.63) is 95.6 Å². The van der Waals surface area contributed by atoms with Crippen LogP contribution in [0.4, 0.5) is 13.2 Å². The highest BCUT2D eigenvalue weighted by Gasteiger charge is 2.39. The van der Waals surface area contributed by atoms with Gasteiger partial charge in [-0.15, -0.1) is 15.3 Å². The first-order chi connectivity index (χ1) is 17.5. The largest absolute Gasteiger partial charge is 0.470 e.